The monoisotopic (exact) mass is 459 g/mol. The molecule has 3 rings (SSSR count). The number of ether oxygens (including phenoxy) is 3. The van der Waals surface area contributed by atoms with Crippen LogP contribution in [0.1, 0.15) is 32.4 Å². The fraction of sp³-hybridized carbons (Fsp3) is 0.565. The van der Waals surface area contributed by atoms with Gasteiger partial charge in [0.15, 0.2) is 17.3 Å². The van der Waals surface area contributed by atoms with Crippen LogP contribution in [-0.4, -0.2) is 78.6 Å². The highest BCUT2D eigenvalue weighted by atomic mass is 16.5. The normalized spacial score (nSPS) is 15.1. The molecular formula is C23H33N5O5. The van der Waals surface area contributed by atoms with E-state index < -0.39 is 0 Å². The van der Waals surface area contributed by atoms with E-state index in [9.17, 15) is 9.59 Å². The van der Waals surface area contributed by atoms with Gasteiger partial charge in [-0.15, -0.1) is 10.2 Å². The first kappa shape index (κ1) is 24.7. The second kappa shape index (κ2) is 12.3. The number of benzene rings is 1. The van der Waals surface area contributed by atoms with Crippen molar-refractivity contribution in [1.82, 2.24) is 25.4 Å². The van der Waals surface area contributed by atoms with Crippen LogP contribution in [0.25, 0.3) is 11.4 Å². The lowest BCUT2D eigenvalue weighted by Gasteiger charge is -2.26. The molecule has 1 aliphatic heterocycles. The van der Waals surface area contributed by atoms with Crippen LogP contribution >= 0.6 is 0 Å². The van der Waals surface area contributed by atoms with Crippen molar-refractivity contribution in [2.45, 2.75) is 39.2 Å². The molecule has 0 radical (unpaired) electrons. The smallest absolute Gasteiger partial charge is 0.273 e. The molecule has 1 aromatic carbocycles. The number of aromatic nitrogens is 3. The number of hydrogen-bond acceptors (Lipinski definition) is 8. The van der Waals surface area contributed by atoms with E-state index in [0.717, 1.165) is 39.3 Å². The van der Waals surface area contributed by atoms with Gasteiger partial charge in [0.2, 0.25) is 5.91 Å². The zero-order valence-electron chi connectivity index (χ0n) is 19.6. The molecule has 33 heavy (non-hydrogen) atoms. The van der Waals surface area contributed by atoms with Crippen LogP contribution in [-0.2, 0) is 16.0 Å². The molecule has 0 spiro atoms. The van der Waals surface area contributed by atoms with Gasteiger partial charge in [-0.05, 0) is 31.5 Å². The summed E-state index contributed by atoms with van der Waals surface area (Å²) in [5.74, 6) is 1.39. The molecule has 1 aromatic heterocycles. The Morgan fingerprint density at radius 2 is 2.06 bits per heavy atom. The van der Waals surface area contributed by atoms with Gasteiger partial charge in [0.05, 0.1) is 26.4 Å². The van der Waals surface area contributed by atoms with Crippen LogP contribution < -0.4 is 20.3 Å². The average molecular weight is 460 g/mol. The Balaban J connectivity index is 1.55. The second-order valence-electron chi connectivity index (χ2n) is 7.96. The van der Waals surface area contributed by atoms with E-state index in [4.69, 9.17) is 14.2 Å². The van der Waals surface area contributed by atoms with Crippen LogP contribution in [0, 0.1) is 0 Å². The molecule has 2 aromatic rings. The molecule has 1 aliphatic rings. The summed E-state index contributed by atoms with van der Waals surface area (Å²) < 4.78 is 16.6. The Kier molecular flexibility index (Phi) is 9.20. The number of carbonyl (C=O) groups excluding carboxylic acids is 1. The minimum Gasteiger partial charge on any atom is -0.493 e. The van der Waals surface area contributed by atoms with Crippen molar-refractivity contribution >= 4 is 5.91 Å². The molecule has 10 heteroatoms. The van der Waals surface area contributed by atoms with Gasteiger partial charge in [-0.2, -0.15) is 0 Å². The molecular weight excluding hydrogens is 426 g/mol. The zero-order chi connectivity index (χ0) is 23.6. The Morgan fingerprint density at radius 1 is 1.27 bits per heavy atom. The molecule has 180 valence electrons. The van der Waals surface area contributed by atoms with E-state index in [2.05, 4.69) is 25.4 Å². The van der Waals surface area contributed by atoms with E-state index in [1.54, 1.807) is 25.3 Å². The molecule has 1 amide bonds. The minimum absolute atomic E-state index is 0.0557. The first-order chi connectivity index (χ1) is 16.0. The largest absolute Gasteiger partial charge is 0.493 e. The topological polar surface area (TPSA) is 119 Å². The predicted octanol–water partition coefficient (Wildman–Crippen LogP) is 1.40. The van der Waals surface area contributed by atoms with Gasteiger partial charge in [0.25, 0.3) is 5.56 Å². The first-order valence-electron chi connectivity index (χ1n) is 11.4. The number of methoxy groups -OCH3 is 1. The summed E-state index contributed by atoms with van der Waals surface area (Å²) in [7, 11) is 1.56. The van der Waals surface area contributed by atoms with E-state index in [1.807, 2.05) is 13.8 Å². The number of H-pyrrole nitrogens is 1. The highest BCUT2D eigenvalue weighted by molar-refractivity contribution is 5.76. The van der Waals surface area contributed by atoms with Crippen LogP contribution in [0.2, 0.25) is 0 Å². The predicted molar refractivity (Wildman–Crippen MR) is 124 cm³/mol. The van der Waals surface area contributed by atoms with Gasteiger partial charge in [0, 0.05) is 44.6 Å². The Morgan fingerprint density at radius 3 is 2.76 bits per heavy atom. The van der Waals surface area contributed by atoms with Crippen molar-refractivity contribution < 1.29 is 19.0 Å². The highest BCUT2D eigenvalue weighted by Crippen LogP contribution is 2.32. The maximum atomic E-state index is 12.5. The van der Waals surface area contributed by atoms with Gasteiger partial charge in [0.1, 0.15) is 5.69 Å². The number of hydrogen-bond donors (Lipinski definition) is 2. The third kappa shape index (κ3) is 7.26. The van der Waals surface area contributed by atoms with Crippen molar-refractivity contribution in [3.8, 4) is 22.9 Å². The van der Waals surface area contributed by atoms with E-state index in [-0.39, 0.29) is 36.1 Å². The van der Waals surface area contributed by atoms with E-state index in [1.165, 1.54) is 0 Å². The molecule has 0 bridgehead atoms. The third-order valence-electron chi connectivity index (χ3n) is 5.55. The molecule has 2 heterocycles. The number of nitrogens with one attached hydrogen (secondary N) is 2. The van der Waals surface area contributed by atoms with Crippen LogP contribution in [0.3, 0.4) is 0 Å². The summed E-state index contributed by atoms with van der Waals surface area (Å²) >= 11 is 0. The lowest BCUT2D eigenvalue weighted by atomic mass is 10.2. The first-order valence-corrected chi connectivity index (χ1v) is 11.4. The van der Waals surface area contributed by atoms with Gasteiger partial charge >= 0.3 is 0 Å². The maximum Gasteiger partial charge on any atom is 0.273 e. The fourth-order valence-electron chi connectivity index (χ4n) is 3.36. The number of rotatable bonds is 11. The maximum absolute atomic E-state index is 12.5. The Labute approximate surface area is 193 Å². The summed E-state index contributed by atoms with van der Waals surface area (Å²) in [6, 6.07) is 5.33. The van der Waals surface area contributed by atoms with Crippen LogP contribution in [0.4, 0.5) is 0 Å². The summed E-state index contributed by atoms with van der Waals surface area (Å²) in [4.78, 5) is 29.6. The van der Waals surface area contributed by atoms with Crippen molar-refractivity contribution in [2.75, 3.05) is 46.5 Å². The molecule has 1 saturated heterocycles. The molecule has 1 atom stereocenters. The molecule has 0 saturated carbocycles. The number of aromatic amines is 1. The van der Waals surface area contributed by atoms with Crippen LogP contribution in [0.5, 0.6) is 11.5 Å². The number of amides is 1. The molecule has 2 N–H and O–H groups in total. The Bertz CT molecular complexity index is 974. The summed E-state index contributed by atoms with van der Waals surface area (Å²) in [6.07, 6.45) is 1.32. The zero-order valence-corrected chi connectivity index (χ0v) is 19.6. The quantitative estimate of drug-likeness (QED) is 0.518. The molecule has 1 fully saturated rings. The van der Waals surface area contributed by atoms with E-state index >= 15 is 0 Å². The van der Waals surface area contributed by atoms with Gasteiger partial charge in [-0.1, -0.05) is 6.92 Å². The second-order valence-corrected chi connectivity index (χ2v) is 7.96. The lowest BCUT2D eigenvalue weighted by Crippen LogP contribution is -2.41. The number of aryl methyl sites for hydroxylation is 1. The van der Waals surface area contributed by atoms with Crippen molar-refractivity contribution in [1.29, 1.82) is 0 Å². The van der Waals surface area contributed by atoms with Gasteiger partial charge < -0.3 is 24.5 Å². The van der Waals surface area contributed by atoms with Gasteiger partial charge in [-0.25, -0.2) is 0 Å². The fourth-order valence-corrected chi connectivity index (χ4v) is 3.36. The SMILES string of the molecule is CC[C@@H](C)Oc1ccc(-c2nnc(CCC(=O)NCCN3CCOCC3)c(=O)[nH]2)cc1OC. The van der Waals surface area contributed by atoms with E-state index in [0.29, 0.717) is 29.4 Å². The number of morpholine rings is 1. The lowest BCUT2D eigenvalue weighted by molar-refractivity contribution is -0.121. The molecule has 0 unspecified atom stereocenters. The third-order valence-corrected chi connectivity index (χ3v) is 5.55. The van der Waals surface area contributed by atoms with Crippen molar-refractivity contribution in [3.05, 3.63) is 34.2 Å². The van der Waals surface area contributed by atoms with Crippen molar-refractivity contribution in [3.63, 3.8) is 0 Å². The summed E-state index contributed by atoms with van der Waals surface area (Å²) in [5.41, 5.74) is 0.520. The summed E-state index contributed by atoms with van der Waals surface area (Å²) in [6.45, 7) is 8.61. The van der Waals surface area contributed by atoms with Gasteiger partial charge in [-0.3, -0.25) is 14.5 Å². The molecule has 10 nitrogen and oxygen atoms in total. The molecule has 0 aliphatic carbocycles. The standard InChI is InChI=1S/C23H33N5O5/c1-4-16(2)33-19-7-5-17(15-20(19)31-3)22-25-23(30)18(26-27-22)6-8-21(29)24-9-10-28-11-13-32-14-12-28/h5,7,15-16H,4,6,8-14H2,1-3H3,(H,24,29)(H,25,27,30)/t16-/m1/s1. The number of nitrogens with zero attached hydrogens (tertiary/aromatic N) is 3. The Hall–Kier alpha value is -2.98. The van der Waals surface area contributed by atoms with Crippen molar-refractivity contribution in [2.24, 2.45) is 0 Å². The minimum atomic E-state index is -0.361. The average Bonchev–Trinajstić information content (AvgIpc) is 2.84. The highest BCUT2D eigenvalue weighted by Gasteiger charge is 2.14. The van der Waals surface area contributed by atoms with Crippen LogP contribution in [0.15, 0.2) is 23.0 Å². The number of carbonyl (C=O) groups is 1. The summed E-state index contributed by atoms with van der Waals surface area (Å²) in [5, 5.41) is 11.1.